The summed E-state index contributed by atoms with van der Waals surface area (Å²) in [4.78, 5) is 0. The highest BCUT2D eigenvalue weighted by atomic mass is 16.5. The first-order chi connectivity index (χ1) is 7.83. The summed E-state index contributed by atoms with van der Waals surface area (Å²) in [5, 5.41) is 3.65. The Kier molecular flexibility index (Phi) is 7.87. The fraction of sp³-hybridized carbons (Fsp3) is 1.00. The molecule has 2 heteroatoms. The van der Waals surface area contributed by atoms with Gasteiger partial charge in [-0.1, -0.05) is 32.6 Å². The van der Waals surface area contributed by atoms with E-state index >= 15 is 0 Å². The van der Waals surface area contributed by atoms with Crippen LogP contribution >= 0.6 is 0 Å². The Morgan fingerprint density at radius 2 is 2.19 bits per heavy atom. The van der Waals surface area contributed by atoms with Gasteiger partial charge in [-0.3, -0.25) is 0 Å². The molecule has 0 spiro atoms. The Bertz CT molecular complexity index is 155. The van der Waals surface area contributed by atoms with Crippen molar-refractivity contribution < 1.29 is 4.74 Å². The molecule has 1 heterocycles. The minimum atomic E-state index is 0.679. The highest BCUT2D eigenvalue weighted by Crippen LogP contribution is 2.13. The van der Waals surface area contributed by atoms with Crippen molar-refractivity contribution in [2.24, 2.45) is 5.92 Å². The maximum absolute atomic E-state index is 5.49. The van der Waals surface area contributed by atoms with Gasteiger partial charge in [-0.15, -0.1) is 0 Å². The molecule has 2 unspecified atom stereocenters. The number of ether oxygens (including phenoxy) is 1. The van der Waals surface area contributed by atoms with Crippen LogP contribution in [0.2, 0.25) is 0 Å². The lowest BCUT2D eigenvalue weighted by molar-refractivity contribution is 0.0539. The summed E-state index contributed by atoms with van der Waals surface area (Å²) in [7, 11) is 0. The molecule has 1 aliphatic rings. The van der Waals surface area contributed by atoms with Crippen molar-refractivity contribution in [2.45, 2.75) is 64.8 Å². The van der Waals surface area contributed by atoms with Gasteiger partial charge in [0, 0.05) is 19.2 Å². The smallest absolute Gasteiger partial charge is 0.0506 e. The summed E-state index contributed by atoms with van der Waals surface area (Å²) >= 11 is 0. The summed E-state index contributed by atoms with van der Waals surface area (Å²) in [6, 6.07) is 0.679. The van der Waals surface area contributed by atoms with Crippen molar-refractivity contribution in [1.82, 2.24) is 5.32 Å². The molecular weight excluding hydrogens is 198 g/mol. The van der Waals surface area contributed by atoms with Gasteiger partial charge in [0.15, 0.2) is 0 Å². The van der Waals surface area contributed by atoms with E-state index in [9.17, 15) is 0 Å². The molecule has 1 N–H and O–H groups in total. The molecule has 0 aromatic heterocycles. The molecule has 96 valence electrons. The van der Waals surface area contributed by atoms with E-state index in [1.807, 2.05) is 0 Å². The predicted molar refractivity (Wildman–Crippen MR) is 69.8 cm³/mol. The summed E-state index contributed by atoms with van der Waals surface area (Å²) < 4.78 is 5.49. The largest absolute Gasteiger partial charge is 0.381 e. The van der Waals surface area contributed by atoms with E-state index in [1.54, 1.807) is 0 Å². The first-order valence-corrected chi connectivity index (χ1v) is 7.14. The zero-order chi connectivity index (χ0) is 11.6. The minimum Gasteiger partial charge on any atom is -0.381 e. The molecule has 0 radical (unpaired) electrons. The van der Waals surface area contributed by atoms with Gasteiger partial charge in [0.05, 0.1) is 6.61 Å². The molecule has 1 aliphatic heterocycles. The molecule has 2 nitrogen and oxygen atoms in total. The Balaban J connectivity index is 1.94. The van der Waals surface area contributed by atoms with Crippen LogP contribution in [-0.4, -0.2) is 25.8 Å². The van der Waals surface area contributed by atoms with Crippen molar-refractivity contribution in [2.75, 3.05) is 19.8 Å². The summed E-state index contributed by atoms with van der Waals surface area (Å²) in [5.41, 5.74) is 0. The van der Waals surface area contributed by atoms with Crippen LogP contribution in [0.25, 0.3) is 0 Å². The monoisotopic (exact) mass is 227 g/mol. The molecule has 16 heavy (non-hydrogen) atoms. The molecule has 2 atom stereocenters. The van der Waals surface area contributed by atoms with Crippen LogP contribution in [0.1, 0.15) is 58.8 Å². The van der Waals surface area contributed by atoms with Gasteiger partial charge in [-0.05, 0) is 32.1 Å². The predicted octanol–water partition coefficient (Wildman–Crippen LogP) is 3.36. The van der Waals surface area contributed by atoms with Crippen LogP contribution in [0.5, 0.6) is 0 Å². The molecule has 0 aromatic rings. The van der Waals surface area contributed by atoms with Crippen molar-refractivity contribution in [3.8, 4) is 0 Å². The SMILES string of the molecule is CCCCCCC(C)NCC1CCCOC1. The van der Waals surface area contributed by atoms with Crippen LogP contribution < -0.4 is 5.32 Å². The fourth-order valence-corrected chi connectivity index (χ4v) is 2.32. The van der Waals surface area contributed by atoms with Crippen LogP contribution in [0.3, 0.4) is 0 Å². The molecule has 0 aliphatic carbocycles. The maximum Gasteiger partial charge on any atom is 0.0506 e. The first-order valence-electron chi connectivity index (χ1n) is 7.14. The van der Waals surface area contributed by atoms with Crippen molar-refractivity contribution in [3.63, 3.8) is 0 Å². The molecule has 1 rings (SSSR count). The van der Waals surface area contributed by atoms with Gasteiger partial charge >= 0.3 is 0 Å². The number of hydrogen-bond donors (Lipinski definition) is 1. The average molecular weight is 227 g/mol. The fourth-order valence-electron chi connectivity index (χ4n) is 2.32. The average Bonchev–Trinajstić information content (AvgIpc) is 2.33. The van der Waals surface area contributed by atoms with Crippen LogP contribution in [-0.2, 0) is 4.74 Å². The summed E-state index contributed by atoms with van der Waals surface area (Å²) in [6.07, 6.45) is 9.42. The molecular formula is C14H29NO. The lowest BCUT2D eigenvalue weighted by atomic mass is 10.0. The van der Waals surface area contributed by atoms with E-state index in [0.29, 0.717) is 6.04 Å². The molecule has 0 amide bonds. The van der Waals surface area contributed by atoms with Crippen molar-refractivity contribution in [1.29, 1.82) is 0 Å². The topological polar surface area (TPSA) is 21.3 Å². The lowest BCUT2D eigenvalue weighted by Gasteiger charge is -2.24. The van der Waals surface area contributed by atoms with E-state index in [0.717, 1.165) is 25.7 Å². The molecule has 0 aromatic carbocycles. The van der Waals surface area contributed by atoms with E-state index in [4.69, 9.17) is 4.74 Å². The first kappa shape index (κ1) is 14.0. The van der Waals surface area contributed by atoms with Gasteiger partial charge in [0.1, 0.15) is 0 Å². The van der Waals surface area contributed by atoms with E-state index in [-0.39, 0.29) is 0 Å². The Labute approximate surface area is 101 Å². The highest BCUT2D eigenvalue weighted by molar-refractivity contribution is 4.69. The summed E-state index contributed by atoms with van der Waals surface area (Å²) in [5.74, 6) is 0.756. The second-order valence-electron chi connectivity index (χ2n) is 5.24. The number of hydrogen-bond acceptors (Lipinski definition) is 2. The quantitative estimate of drug-likeness (QED) is 0.642. The third kappa shape index (κ3) is 6.49. The standard InChI is InChI=1S/C14H29NO/c1-3-4-5-6-8-13(2)15-11-14-9-7-10-16-12-14/h13-15H,3-12H2,1-2H3. The number of nitrogens with one attached hydrogen (secondary N) is 1. The van der Waals surface area contributed by atoms with Crippen molar-refractivity contribution in [3.05, 3.63) is 0 Å². The third-order valence-corrected chi connectivity index (χ3v) is 3.50. The molecule has 0 saturated carbocycles. The van der Waals surface area contributed by atoms with Gasteiger partial charge in [0.25, 0.3) is 0 Å². The normalized spacial score (nSPS) is 23.2. The Hall–Kier alpha value is -0.0800. The van der Waals surface area contributed by atoms with Crippen molar-refractivity contribution >= 4 is 0 Å². The number of unbranched alkanes of at least 4 members (excludes halogenated alkanes) is 3. The summed E-state index contributed by atoms with van der Waals surface area (Å²) in [6.45, 7) is 7.67. The van der Waals surface area contributed by atoms with E-state index in [2.05, 4.69) is 19.2 Å². The minimum absolute atomic E-state index is 0.679. The zero-order valence-corrected chi connectivity index (χ0v) is 11.1. The third-order valence-electron chi connectivity index (χ3n) is 3.50. The van der Waals surface area contributed by atoms with E-state index in [1.165, 1.54) is 44.9 Å². The molecule has 0 bridgehead atoms. The van der Waals surface area contributed by atoms with Gasteiger partial charge in [-0.2, -0.15) is 0 Å². The number of rotatable bonds is 8. The second kappa shape index (κ2) is 9.00. The van der Waals surface area contributed by atoms with E-state index < -0.39 is 0 Å². The highest BCUT2D eigenvalue weighted by Gasteiger charge is 2.14. The Morgan fingerprint density at radius 3 is 2.88 bits per heavy atom. The molecule has 1 fully saturated rings. The van der Waals surface area contributed by atoms with Gasteiger partial charge in [-0.25, -0.2) is 0 Å². The maximum atomic E-state index is 5.49. The second-order valence-corrected chi connectivity index (χ2v) is 5.24. The zero-order valence-electron chi connectivity index (χ0n) is 11.1. The van der Waals surface area contributed by atoms with Crippen LogP contribution in [0.15, 0.2) is 0 Å². The lowest BCUT2D eigenvalue weighted by Crippen LogP contribution is -2.34. The van der Waals surface area contributed by atoms with Gasteiger partial charge < -0.3 is 10.1 Å². The molecule has 1 saturated heterocycles. The Morgan fingerprint density at radius 1 is 1.31 bits per heavy atom. The van der Waals surface area contributed by atoms with Gasteiger partial charge in [0.2, 0.25) is 0 Å². The van der Waals surface area contributed by atoms with Crippen LogP contribution in [0.4, 0.5) is 0 Å². The van der Waals surface area contributed by atoms with Crippen LogP contribution in [0, 0.1) is 5.92 Å².